The number of likely N-dealkylation sites (N-methyl/N-ethyl adjacent to an activating group) is 1. The Morgan fingerprint density at radius 3 is 2.23 bits per heavy atom. The molecule has 1 N–H and O–H groups in total. The summed E-state index contributed by atoms with van der Waals surface area (Å²) in [5, 5.41) is 2.95. The maximum atomic E-state index is 12.1. The van der Waals surface area contributed by atoms with Gasteiger partial charge in [0.25, 0.3) is 5.91 Å². The van der Waals surface area contributed by atoms with Crippen LogP contribution in [0.25, 0.3) is 0 Å². The van der Waals surface area contributed by atoms with Crippen LogP contribution in [-0.2, 0) is 16.6 Å². The first-order valence-corrected chi connectivity index (χ1v) is 11.3. The van der Waals surface area contributed by atoms with E-state index in [4.69, 9.17) is 4.74 Å². The van der Waals surface area contributed by atoms with Gasteiger partial charge in [0.1, 0.15) is 5.75 Å². The van der Waals surface area contributed by atoms with Crippen molar-refractivity contribution in [1.29, 1.82) is 0 Å². The molecule has 2 aromatic rings. The minimum atomic E-state index is -0.0784. The van der Waals surface area contributed by atoms with E-state index < -0.39 is 0 Å². The quantitative estimate of drug-likeness (QED) is 0.655. The molecule has 0 saturated carbocycles. The van der Waals surface area contributed by atoms with Gasteiger partial charge in [0.15, 0.2) is 6.61 Å². The van der Waals surface area contributed by atoms with Gasteiger partial charge in [-0.15, -0.1) is 0 Å². The van der Waals surface area contributed by atoms with Crippen LogP contribution in [0.4, 0.5) is 5.69 Å². The van der Waals surface area contributed by atoms with Gasteiger partial charge in [0.2, 0.25) is 0 Å². The SMILES string of the molecule is CN1CCN(c2ccc(CCCNC(=O)COc3ccc(C(C)(C)C)cc3)cc2)CC1. The lowest BCUT2D eigenvalue weighted by atomic mass is 9.87. The molecular formula is C26H37N3O2. The number of anilines is 1. The molecule has 5 nitrogen and oxygen atoms in total. The molecule has 5 heteroatoms. The summed E-state index contributed by atoms with van der Waals surface area (Å²) in [4.78, 5) is 16.9. The van der Waals surface area contributed by atoms with E-state index in [2.05, 4.69) is 79.3 Å². The zero-order chi connectivity index (χ0) is 22.3. The van der Waals surface area contributed by atoms with Crippen LogP contribution in [-0.4, -0.2) is 57.2 Å². The molecule has 31 heavy (non-hydrogen) atoms. The number of nitrogens with one attached hydrogen (secondary N) is 1. The first kappa shape index (κ1) is 23.1. The zero-order valence-electron chi connectivity index (χ0n) is 19.5. The second-order valence-electron chi connectivity index (χ2n) is 9.47. The van der Waals surface area contributed by atoms with Gasteiger partial charge in [-0.3, -0.25) is 4.79 Å². The highest BCUT2D eigenvalue weighted by Gasteiger charge is 2.14. The fourth-order valence-corrected chi connectivity index (χ4v) is 3.71. The van der Waals surface area contributed by atoms with Gasteiger partial charge >= 0.3 is 0 Å². The average Bonchev–Trinajstić information content (AvgIpc) is 2.76. The van der Waals surface area contributed by atoms with Crippen molar-refractivity contribution in [2.75, 3.05) is 51.3 Å². The van der Waals surface area contributed by atoms with E-state index in [1.54, 1.807) is 0 Å². The Kier molecular flexibility index (Phi) is 7.97. The second-order valence-corrected chi connectivity index (χ2v) is 9.47. The molecule has 1 heterocycles. The summed E-state index contributed by atoms with van der Waals surface area (Å²) in [6.07, 6.45) is 1.87. The predicted octanol–water partition coefficient (Wildman–Crippen LogP) is 3.86. The van der Waals surface area contributed by atoms with E-state index in [-0.39, 0.29) is 17.9 Å². The van der Waals surface area contributed by atoms with Gasteiger partial charge in [-0.05, 0) is 60.7 Å². The summed E-state index contributed by atoms with van der Waals surface area (Å²) in [6, 6.07) is 16.8. The smallest absolute Gasteiger partial charge is 0.257 e. The predicted molar refractivity (Wildman–Crippen MR) is 128 cm³/mol. The molecule has 1 aliphatic rings. The third kappa shape index (κ3) is 7.28. The van der Waals surface area contributed by atoms with Crippen LogP contribution in [0.5, 0.6) is 5.75 Å². The molecule has 1 saturated heterocycles. The normalized spacial score (nSPS) is 15.0. The Balaban J connectivity index is 1.32. The maximum absolute atomic E-state index is 12.1. The molecular weight excluding hydrogens is 386 g/mol. The molecule has 168 valence electrons. The van der Waals surface area contributed by atoms with Crippen molar-refractivity contribution in [1.82, 2.24) is 10.2 Å². The van der Waals surface area contributed by atoms with E-state index >= 15 is 0 Å². The molecule has 1 amide bonds. The number of aryl methyl sites for hydroxylation is 1. The zero-order valence-corrected chi connectivity index (χ0v) is 19.5. The van der Waals surface area contributed by atoms with Crippen molar-refractivity contribution in [3.8, 4) is 5.75 Å². The summed E-state index contributed by atoms with van der Waals surface area (Å²) in [6.45, 7) is 11.7. The monoisotopic (exact) mass is 423 g/mol. The van der Waals surface area contributed by atoms with Crippen molar-refractivity contribution in [2.24, 2.45) is 0 Å². The van der Waals surface area contributed by atoms with E-state index in [9.17, 15) is 4.79 Å². The van der Waals surface area contributed by atoms with Crippen LogP contribution in [0, 0.1) is 0 Å². The van der Waals surface area contributed by atoms with Crippen molar-refractivity contribution in [3.63, 3.8) is 0 Å². The number of ether oxygens (including phenoxy) is 1. The van der Waals surface area contributed by atoms with E-state index in [1.165, 1.54) is 16.8 Å². The largest absolute Gasteiger partial charge is 0.484 e. The minimum Gasteiger partial charge on any atom is -0.484 e. The average molecular weight is 424 g/mol. The van der Waals surface area contributed by atoms with Gasteiger partial charge in [-0.1, -0.05) is 45.0 Å². The molecule has 1 aliphatic heterocycles. The third-order valence-corrected chi connectivity index (χ3v) is 5.86. The highest BCUT2D eigenvalue weighted by Crippen LogP contribution is 2.24. The summed E-state index contributed by atoms with van der Waals surface area (Å²) in [5.41, 5.74) is 3.97. The molecule has 0 aliphatic carbocycles. The minimum absolute atomic E-state index is 0.0502. The van der Waals surface area contributed by atoms with Crippen molar-refractivity contribution >= 4 is 11.6 Å². The molecule has 0 unspecified atom stereocenters. The van der Waals surface area contributed by atoms with Crippen LogP contribution in [0.2, 0.25) is 0 Å². The number of carbonyl (C=O) groups is 1. The highest BCUT2D eigenvalue weighted by molar-refractivity contribution is 5.77. The number of benzene rings is 2. The summed E-state index contributed by atoms with van der Waals surface area (Å²) in [7, 11) is 2.18. The fraction of sp³-hybridized carbons (Fsp3) is 0.500. The highest BCUT2D eigenvalue weighted by atomic mass is 16.5. The fourth-order valence-electron chi connectivity index (χ4n) is 3.71. The molecule has 3 rings (SSSR count). The lowest BCUT2D eigenvalue weighted by molar-refractivity contribution is -0.123. The van der Waals surface area contributed by atoms with Crippen LogP contribution in [0.3, 0.4) is 0 Å². The molecule has 0 radical (unpaired) electrons. The van der Waals surface area contributed by atoms with Crippen molar-refractivity contribution in [3.05, 3.63) is 59.7 Å². The molecule has 0 spiro atoms. The van der Waals surface area contributed by atoms with E-state index in [1.807, 2.05) is 12.1 Å². The van der Waals surface area contributed by atoms with Crippen LogP contribution < -0.4 is 15.0 Å². The number of hydrogen-bond acceptors (Lipinski definition) is 4. The lowest BCUT2D eigenvalue weighted by Crippen LogP contribution is -2.44. The number of nitrogens with zero attached hydrogens (tertiary/aromatic N) is 2. The van der Waals surface area contributed by atoms with Gasteiger partial charge in [-0.25, -0.2) is 0 Å². The topological polar surface area (TPSA) is 44.8 Å². The van der Waals surface area contributed by atoms with E-state index in [0.29, 0.717) is 6.54 Å². The Labute approximate surface area is 187 Å². The van der Waals surface area contributed by atoms with Crippen LogP contribution in [0.15, 0.2) is 48.5 Å². The number of hydrogen-bond donors (Lipinski definition) is 1. The molecule has 0 aromatic heterocycles. The number of rotatable bonds is 8. The summed E-state index contributed by atoms with van der Waals surface area (Å²) in [5.74, 6) is 0.647. The van der Waals surface area contributed by atoms with Gasteiger partial charge in [0, 0.05) is 38.4 Å². The Morgan fingerprint density at radius 1 is 0.968 bits per heavy atom. The number of carbonyl (C=O) groups excluding carboxylic acids is 1. The summed E-state index contributed by atoms with van der Waals surface area (Å²) < 4.78 is 5.61. The standard InChI is InChI=1S/C26H37N3O2/c1-26(2,3)22-9-13-24(14-10-22)31-20-25(30)27-15-5-6-21-7-11-23(12-8-21)29-18-16-28(4)17-19-29/h7-14H,5-6,15-20H2,1-4H3,(H,27,30). The number of piperazine rings is 1. The maximum Gasteiger partial charge on any atom is 0.257 e. The van der Waals surface area contributed by atoms with Crippen LogP contribution in [0.1, 0.15) is 38.3 Å². The van der Waals surface area contributed by atoms with E-state index in [0.717, 1.165) is 44.8 Å². The third-order valence-electron chi connectivity index (χ3n) is 5.86. The first-order chi connectivity index (χ1) is 14.8. The molecule has 2 aromatic carbocycles. The lowest BCUT2D eigenvalue weighted by Gasteiger charge is -2.34. The Morgan fingerprint density at radius 2 is 1.61 bits per heavy atom. The van der Waals surface area contributed by atoms with Crippen molar-refractivity contribution < 1.29 is 9.53 Å². The molecule has 1 fully saturated rings. The summed E-state index contributed by atoms with van der Waals surface area (Å²) >= 11 is 0. The first-order valence-electron chi connectivity index (χ1n) is 11.3. The van der Waals surface area contributed by atoms with Crippen LogP contribution >= 0.6 is 0 Å². The molecule has 0 atom stereocenters. The second kappa shape index (κ2) is 10.7. The van der Waals surface area contributed by atoms with Gasteiger partial charge < -0.3 is 19.9 Å². The van der Waals surface area contributed by atoms with Crippen molar-refractivity contribution in [2.45, 2.75) is 39.0 Å². The Bertz CT molecular complexity index is 817. The Hall–Kier alpha value is -2.53. The van der Waals surface area contributed by atoms with Gasteiger partial charge in [-0.2, -0.15) is 0 Å². The number of amides is 1. The molecule has 0 bridgehead atoms. The van der Waals surface area contributed by atoms with Gasteiger partial charge in [0.05, 0.1) is 0 Å².